The second kappa shape index (κ2) is 7.97. The fourth-order valence-electron chi connectivity index (χ4n) is 3.20. The predicted molar refractivity (Wildman–Crippen MR) is 115 cm³/mol. The van der Waals surface area contributed by atoms with E-state index in [2.05, 4.69) is 15.3 Å². The predicted octanol–water partition coefficient (Wildman–Crippen LogP) is 3.78. The lowest BCUT2D eigenvalue weighted by atomic mass is 10.1. The van der Waals surface area contributed by atoms with Crippen LogP contribution in [0.25, 0.3) is 21.5 Å². The van der Waals surface area contributed by atoms with Gasteiger partial charge >= 0.3 is 0 Å². The zero-order chi connectivity index (χ0) is 20.4. The van der Waals surface area contributed by atoms with E-state index in [4.69, 9.17) is 0 Å². The number of carbonyl (C=O) groups is 1. The van der Waals surface area contributed by atoms with Crippen LogP contribution in [-0.4, -0.2) is 20.4 Å². The lowest BCUT2D eigenvalue weighted by Gasteiger charge is -2.12. The van der Waals surface area contributed by atoms with Crippen molar-refractivity contribution in [1.82, 2.24) is 19.9 Å². The summed E-state index contributed by atoms with van der Waals surface area (Å²) in [7, 11) is 0. The zero-order valence-corrected chi connectivity index (χ0v) is 17.0. The first-order valence-corrected chi connectivity index (χ1v) is 10.2. The lowest BCUT2D eigenvalue weighted by molar-refractivity contribution is 0.0949. The normalized spacial score (nSPS) is 11.0. The van der Waals surface area contributed by atoms with Gasteiger partial charge in [-0.2, -0.15) is 0 Å². The standard InChI is InChI=1S/C22H20N4O2S/c1-3-26-13-18(20(27)17-7-6-14(2)25-21(17)26)22(28)24-11-15-9-16(12-23-10-15)19-5-4-8-29-19/h4-10,12-13H,3,11H2,1-2H3,(H,24,28). The minimum atomic E-state index is -0.402. The largest absolute Gasteiger partial charge is 0.348 e. The molecular weight excluding hydrogens is 384 g/mol. The summed E-state index contributed by atoms with van der Waals surface area (Å²) >= 11 is 1.64. The molecule has 0 aliphatic rings. The van der Waals surface area contributed by atoms with Crippen LogP contribution in [0.5, 0.6) is 0 Å². The van der Waals surface area contributed by atoms with Gasteiger partial charge in [-0.25, -0.2) is 4.98 Å². The van der Waals surface area contributed by atoms with Crippen molar-refractivity contribution in [2.75, 3.05) is 0 Å². The molecular formula is C22H20N4O2S. The first kappa shape index (κ1) is 19.0. The molecule has 0 atom stereocenters. The monoisotopic (exact) mass is 404 g/mol. The molecule has 0 radical (unpaired) electrons. The summed E-state index contributed by atoms with van der Waals surface area (Å²) in [4.78, 5) is 35.5. The Bertz CT molecular complexity index is 1250. The third kappa shape index (κ3) is 3.82. The number of hydrogen-bond donors (Lipinski definition) is 1. The minimum Gasteiger partial charge on any atom is -0.348 e. The molecule has 0 bridgehead atoms. The van der Waals surface area contributed by atoms with Crippen LogP contribution in [0.2, 0.25) is 0 Å². The van der Waals surface area contributed by atoms with Crippen LogP contribution in [0.4, 0.5) is 0 Å². The lowest BCUT2D eigenvalue weighted by Crippen LogP contribution is -2.29. The van der Waals surface area contributed by atoms with Crippen LogP contribution >= 0.6 is 11.3 Å². The molecule has 1 amide bonds. The molecule has 4 aromatic heterocycles. The molecule has 0 aromatic carbocycles. The molecule has 29 heavy (non-hydrogen) atoms. The zero-order valence-electron chi connectivity index (χ0n) is 16.2. The average molecular weight is 404 g/mol. The third-order valence-corrected chi connectivity index (χ3v) is 5.62. The maximum Gasteiger partial charge on any atom is 0.257 e. The van der Waals surface area contributed by atoms with E-state index in [1.807, 2.05) is 42.0 Å². The highest BCUT2D eigenvalue weighted by Gasteiger charge is 2.16. The van der Waals surface area contributed by atoms with Crippen molar-refractivity contribution in [1.29, 1.82) is 0 Å². The molecule has 0 spiro atoms. The van der Waals surface area contributed by atoms with Gasteiger partial charge in [-0.05, 0) is 49.1 Å². The van der Waals surface area contributed by atoms with Crippen LogP contribution in [-0.2, 0) is 13.1 Å². The molecule has 0 unspecified atom stereocenters. The van der Waals surface area contributed by atoms with Gasteiger partial charge in [-0.15, -0.1) is 11.3 Å². The summed E-state index contributed by atoms with van der Waals surface area (Å²) in [5, 5.41) is 5.31. The summed E-state index contributed by atoms with van der Waals surface area (Å²) in [6.45, 7) is 4.74. The van der Waals surface area contributed by atoms with E-state index in [0.29, 0.717) is 24.1 Å². The van der Waals surface area contributed by atoms with E-state index < -0.39 is 5.91 Å². The Labute approximate surface area is 171 Å². The highest BCUT2D eigenvalue weighted by atomic mass is 32.1. The van der Waals surface area contributed by atoms with Crippen LogP contribution in [0.15, 0.2) is 59.1 Å². The first-order valence-electron chi connectivity index (χ1n) is 9.33. The Kier molecular flexibility index (Phi) is 5.22. The third-order valence-electron chi connectivity index (χ3n) is 4.70. The molecule has 0 aliphatic heterocycles. The van der Waals surface area contributed by atoms with Gasteiger partial charge in [0.25, 0.3) is 5.91 Å². The number of carbonyl (C=O) groups excluding carboxylic acids is 1. The number of pyridine rings is 3. The maximum atomic E-state index is 12.8. The van der Waals surface area contributed by atoms with Gasteiger partial charge in [0, 0.05) is 47.8 Å². The fraction of sp³-hybridized carbons (Fsp3) is 0.182. The highest BCUT2D eigenvalue weighted by molar-refractivity contribution is 7.13. The van der Waals surface area contributed by atoms with Gasteiger partial charge in [0.15, 0.2) is 0 Å². The summed E-state index contributed by atoms with van der Waals surface area (Å²) in [5.74, 6) is -0.402. The first-order chi connectivity index (χ1) is 14.1. The maximum absolute atomic E-state index is 12.8. The number of nitrogens with one attached hydrogen (secondary N) is 1. The molecule has 0 saturated heterocycles. The van der Waals surface area contributed by atoms with Gasteiger partial charge < -0.3 is 9.88 Å². The van der Waals surface area contributed by atoms with Crippen LogP contribution in [0, 0.1) is 6.92 Å². The number of thiophene rings is 1. The van der Waals surface area contributed by atoms with Gasteiger partial charge in [0.2, 0.25) is 5.43 Å². The Hall–Kier alpha value is -3.32. The molecule has 4 aromatic rings. The van der Waals surface area contributed by atoms with Crippen LogP contribution < -0.4 is 10.7 Å². The summed E-state index contributed by atoms with van der Waals surface area (Å²) in [5.41, 5.74) is 3.12. The minimum absolute atomic E-state index is 0.118. The van der Waals surface area contributed by atoms with E-state index in [0.717, 1.165) is 21.7 Å². The number of nitrogens with zero attached hydrogens (tertiary/aromatic N) is 3. The number of rotatable bonds is 5. The molecule has 4 heterocycles. The fourth-order valence-corrected chi connectivity index (χ4v) is 3.91. The number of amides is 1. The molecule has 0 saturated carbocycles. The van der Waals surface area contributed by atoms with Crippen LogP contribution in [0.1, 0.15) is 28.5 Å². The molecule has 7 heteroatoms. The van der Waals surface area contributed by atoms with Crippen molar-refractivity contribution >= 4 is 28.3 Å². The smallest absolute Gasteiger partial charge is 0.257 e. The summed E-state index contributed by atoms with van der Waals surface area (Å²) in [6, 6.07) is 9.53. The topological polar surface area (TPSA) is 76.9 Å². The Morgan fingerprint density at radius 1 is 1.24 bits per heavy atom. The van der Waals surface area contributed by atoms with Crippen molar-refractivity contribution in [2.24, 2.45) is 0 Å². The molecule has 1 N–H and O–H groups in total. The molecule has 146 valence electrons. The Balaban J connectivity index is 1.60. The van der Waals surface area contributed by atoms with Gasteiger partial charge in [0.1, 0.15) is 11.2 Å². The molecule has 0 aliphatic carbocycles. The summed E-state index contributed by atoms with van der Waals surface area (Å²) < 4.78 is 1.83. The van der Waals surface area contributed by atoms with Gasteiger partial charge in [0.05, 0.1) is 5.39 Å². The van der Waals surface area contributed by atoms with Crippen molar-refractivity contribution in [3.8, 4) is 10.4 Å². The van der Waals surface area contributed by atoms with Crippen LogP contribution in [0.3, 0.4) is 0 Å². The number of fused-ring (bicyclic) bond motifs is 1. The van der Waals surface area contributed by atoms with E-state index in [1.54, 1.807) is 42.1 Å². The molecule has 4 rings (SSSR count). The van der Waals surface area contributed by atoms with Crippen molar-refractivity contribution in [2.45, 2.75) is 26.9 Å². The molecule has 0 fully saturated rings. The number of aromatic nitrogens is 3. The number of hydrogen-bond acceptors (Lipinski definition) is 5. The SMILES string of the molecule is CCn1cc(C(=O)NCc2cncc(-c3cccs3)c2)c(=O)c2ccc(C)nc21. The van der Waals surface area contributed by atoms with Gasteiger partial charge in [-0.3, -0.25) is 14.6 Å². The molecule has 6 nitrogen and oxygen atoms in total. The van der Waals surface area contributed by atoms with E-state index in [-0.39, 0.29) is 11.0 Å². The van der Waals surface area contributed by atoms with Crippen molar-refractivity contribution in [3.05, 3.63) is 81.3 Å². The second-order valence-electron chi connectivity index (χ2n) is 6.72. The quantitative estimate of drug-likeness (QED) is 0.549. The Morgan fingerprint density at radius 3 is 2.86 bits per heavy atom. The van der Waals surface area contributed by atoms with Gasteiger partial charge in [-0.1, -0.05) is 6.07 Å². The van der Waals surface area contributed by atoms with E-state index in [9.17, 15) is 9.59 Å². The van der Waals surface area contributed by atoms with E-state index >= 15 is 0 Å². The van der Waals surface area contributed by atoms with Crippen molar-refractivity contribution in [3.63, 3.8) is 0 Å². The second-order valence-corrected chi connectivity index (χ2v) is 7.67. The van der Waals surface area contributed by atoms with E-state index in [1.165, 1.54) is 0 Å². The highest BCUT2D eigenvalue weighted by Crippen LogP contribution is 2.24. The Morgan fingerprint density at radius 2 is 2.10 bits per heavy atom. The summed E-state index contributed by atoms with van der Waals surface area (Å²) in [6.07, 6.45) is 5.11. The average Bonchev–Trinajstić information content (AvgIpc) is 3.27. The number of aryl methyl sites for hydroxylation is 2. The van der Waals surface area contributed by atoms with Crippen molar-refractivity contribution < 1.29 is 4.79 Å².